The van der Waals surface area contributed by atoms with Gasteiger partial charge in [-0.15, -0.1) is 0 Å². The Kier molecular flexibility index (Phi) is 9.12. The van der Waals surface area contributed by atoms with Gasteiger partial charge in [0.2, 0.25) is 0 Å². The van der Waals surface area contributed by atoms with Gasteiger partial charge in [-0.05, 0) is 60.6 Å². The molecule has 0 aliphatic heterocycles. The lowest BCUT2D eigenvalue weighted by Gasteiger charge is -2.10. The Morgan fingerprint density at radius 3 is 2.19 bits per heavy atom. The molecule has 0 aliphatic carbocycles. The van der Waals surface area contributed by atoms with Gasteiger partial charge in [0.15, 0.2) is 0 Å². The highest BCUT2D eigenvalue weighted by molar-refractivity contribution is 5.71. The number of allylic oxidation sites excluding steroid dienone is 6. The van der Waals surface area contributed by atoms with E-state index in [9.17, 15) is 0 Å². The van der Waals surface area contributed by atoms with Crippen molar-refractivity contribution in [3.63, 3.8) is 0 Å². The molecule has 1 aromatic rings. The van der Waals surface area contributed by atoms with Gasteiger partial charge in [-0.25, -0.2) is 0 Å². The number of benzene rings is 1. The van der Waals surface area contributed by atoms with Crippen molar-refractivity contribution in [1.82, 2.24) is 0 Å². The van der Waals surface area contributed by atoms with Gasteiger partial charge in [0.05, 0.1) is 0 Å². The zero-order chi connectivity index (χ0) is 16.4. The van der Waals surface area contributed by atoms with Crippen molar-refractivity contribution in [2.75, 3.05) is 0 Å². The summed E-state index contributed by atoms with van der Waals surface area (Å²) in [5.74, 6) is 0. The summed E-state index contributed by atoms with van der Waals surface area (Å²) in [6.07, 6.45) is 7.01. The van der Waals surface area contributed by atoms with Gasteiger partial charge in [0.25, 0.3) is 0 Å². The number of rotatable bonds is 5. The maximum Gasteiger partial charge on any atom is -0.0195 e. The summed E-state index contributed by atoms with van der Waals surface area (Å²) in [6.45, 7) is 20.4. The summed E-state index contributed by atoms with van der Waals surface area (Å²) < 4.78 is 0. The van der Waals surface area contributed by atoms with E-state index in [2.05, 4.69) is 65.1 Å². The molecular formula is C21H30. The van der Waals surface area contributed by atoms with Crippen molar-refractivity contribution < 1.29 is 0 Å². The van der Waals surface area contributed by atoms with E-state index in [0.717, 1.165) is 12.0 Å². The zero-order valence-electron chi connectivity index (χ0n) is 14.6. The Hall–Kier alpha value is -1.82. The van der Waals surface area contributed by atoms with Crippen LogP contribution in [0.4, 0.5) is 0 Å². The second kappa shape index (κ2) is 9.99. The molecule has 0 saturated heterocycles. The third kappa shape index (κ3) is 5.23. The molecule has 0 aliphatic rings. The molecule has 0 atom stereocenters. The molecule has 1 rings (SSSR count). The minimum atomic E-state index is 0.974. The highest BCUT2D eigenvalue weighted by Crippen LogP contribution is 2.24. The Balaban J connectivity index is 0.00000191. The molecule has 0 bridgehead atoms. The monoisotopic (exact) mass is 282 g/mol. The topological polar surface area (TPSA) is 0 Å². The average molecular weight is 282 g/mol. The summed E-state index contributed by atoms with van der Waals surface area (Å²) in [4.78, 5) is 0. The van der Waals surface area contributed by atoms with E-state index < -0.39 is 0 Å². The minimum absolute atomic E-state index is 0.974. The predicted octanol–water partition coefficient (Wildman–Crippen LogP) is 6.81. The second-order valence-corrected chi connectivity index (χ2v) is 4.82. The Morgan fingerprint density at radius 1 is 1.10 bits per heavy atom. The molecule has 0 saturated carbocycles. The van der Waals surface area contributed by atoms with Gasteiger partial charge in [0.1, 0.15) is 0 Å². The molecule has 0 heterocycles. The summed E-state index contributed by atoms with van der Waals surface area (Å²) >= 11 is 0. The molecule has 0 nitrogen and oxygen atoms in total. The SMILES string of the molecule is C=CC(/C=C(\C)c1cccc(C)c1C)=C(\C=C)CC.CC. The minimum Gasteiger partial charge on any atom is -0.0988 e. The van der Waals surface area contributed by atoms with Gasteiger partial charge in [-0.1, -0.05) is 70.4 Å². The average Bonchev–Trinajstić information content (AvgIpc) is 2.51. The van der Waals surface area contributed by atoms with Crippen molar-refractivity contribution in [3.8, 4) is 0 Å². The summed E-state index contributed by atoms with van der Waals surface area (Å²) in [5.41, 5.74) is 7.64. The molecule has 0 amide bonds. The predicted molar refractivity (Wildman–Crippen MR) is 98.6 cm³/mol. The summed E-state index contributed by atoms with van der Waals surface area (Å²) in [5, 5.41) is 0. The second-order valence-electron chi connectivity index (χ2n) is 4.82. The molecule has 0 radical (unpaired) electrons. The lowest BCUT2D eigenvalue weighted by atomic mass is 9.95. The molecule has 114 valence electrons. The highest BCUT2D eigenvalue weighted by atomic mass is 14.1. The molecule has 21 heavy (non-hydrogen) atoms. The normalized spacial score (nSPS) is 12.0. The van der Waals surface area contributed by atoms with Crippen LogP contribution >= 0.6 is 0 Å². The van der Waals surface area contributed by atoms with Crippen molar-refractivity contribution in [3.05, 3.63) is 77.4 Å². The Morgan fingerprint density at radius 2 is 1.71 bits per heavy atom. The first-order valence-corrected chi connectivity index (χ1v) is 7.78. The highest BCUT2D eigenvalue weighted by Gasteiger charge is 2.04. The van der Waals surface area contributed by atoms with Crippen molar-refractivity contribution in [2.45, 2.75) is 48.0 Å². The lowest BCUT2D eigenvalue weighted by Crippen LogP contribution is -1.90. The third-order valence-corrected chi connectivity index (χ3v) is 3.62. The van der Waals surface area contributed by atoms with Crippen LogP contribution in [-0.2, 0) is 0 Å². The molecule has 0 N–H and O–H groups in total. The number of aryl methyl sites for hydroxylation is 1. The first-order valence-electron chi connectivity index (χ1n) is 7.78. The Bertz CT molecular complexity index is 539. The fourth-order valence-corrected chi connectivity index (χ4v) is 2.24. The van der Waals surface area contributed by atoms with E-state index in [4.69, 9.17) is 0 Å². The first-order chi connectivity index (χ1) is 10.0. The summed E-state index contributed by atoms with van der Waals surface area (Å²) in [7, 11) is 0. The maximum atomic E-state index is 3.91. The zero-order valence-corrected chi connectivity index (χ0v) is 14.6. The van der Waals surface area contributed by atoms with Gasteiger partial charge in [0, 0.05) is 0 Å². The molecule has 0 unspecified atom stereocenters. The number of hydrogen-bond acceptors (Lipinski definition) is 0. The van der Waals surface area contributed by atoms with Crippen LogP contribution in [0.5, 0.6) is 0 Å². The molecule has 0 aromatic heterocycles. The fourth-order valence-electron chi connectivity index (χ4n) is 2.24. The van der Waals surface area contributed by atoms with E-state index in [1.54, 1.807) is 0 Å². The van der Waals surface area contributed by atoms with Gasteiger partial charge >= 0.3 is 0 Å². The number of hydrogen-bond donors (Lipinski definition) is 0. The maximum absolute atomic E-state index is 3.91. The molecular weight excluding hydrogens is 252 g/mol. The van der Waals surface area contributed by atoms with E-state index in [-0.39, 0.29) is 0 Å². The summed E-state index contributed by atoms with van der Waals surface area (Å²) in [6, 6.07) is 6.44. The van der Waals surface area contributed by atoms with E-state index in [1.807, 2.05) is 26.0 Å². The molecule has 0 heteroatoms. The first kappa shape index (κ1) is 19.2. The van der Waals surface area contributed by atoms with Gasteiger partial charge < -0.3 is 0 Å². The smallest absolute Gasteiger partial charge is 0.0195 e. The van der Waals surface area contributed by atoms with Crippen LogP contribution in [0.3, 0.4) is 0 Å². The van der Waals surface area contributed by atoms with Crippen molar-refractivity contribution >= 4 is 5.57 Å². The van der Waals surface area contributed by atoms with Gasteiger partial charge in [-0.3, -0.25) is 0 Å². The van der Waals surface area contributed by atoms with Crippen LogP contribution in [0.1, 0.15) is 50.8 Å². The van der Waals surface area contributed by atoms with Gasteiger partial charge in [-0.2, -0.15) is 0 Å². The fraction of sp³-hybridized carbons (Fsp3) is 0.333. The van der Waals surface area contributed by atoms with Crippen LogP contribution in [0.2, 0.25) is 0 Å². The molecule has 0 fully saturated rings. The third-order valence-electron chi connectivity index (χ3n) is 3.62. The quantitative estimate of drug-likeness (QED) is 0.520. The van der Waals surface area contributed by atoms with Crippen LogP contribution in [-0.4, -0.2) is 0 Å². The standard InChI is InChI=1S/C19H24.C2H6/c1-7-17(8-2)18(9-3)13-15(5)19-12-10-11-14(4)16(19)6;1-2/h7,9-13H,1,3,8H2,2,4-6H3;1-2H3/b15-13+,18-17-;. The lowest BCUT2D eigenvalue weighted by molar-refractivity contribution is 1.14. The van der Waals surface area contributed by atoms with Crippen LogP contribution in [0, 0.1) is 13.8 Å². The van der Waals surface area contributed by atoms with Crippen LogP contribution in [0.25, 0.3) is 5.57 Å². The van der Waals surface area contributed by atoms with Crippen molar-refractivity contribution in [2.24, 2.45) is 0 Å². The molecule has 1 aromatic carbocycles. The van der Waals surface area contributed by atoms with Crippen molar-refractivity contribution in [1.29, 1.82) is 0 Å². The van der Waals surface area contributed by atoms with Crippen LogP contribution in [0.15, 0.2) is 60.7 Å². The van der Waals surface area contributed by atoms with Crippen LogP contribution < -0.4 is 0 Å². The molecule has 0 spiro atoms. The van der Waals surface area contributed by atoms with E-state index in [1.165, 1.54) is 27.8 Å². The van der Waals surface area contributed by atoms with E-state index >= 15 is 0 Å². The van der Waals surface area contributed by atoms with E-state index in [0.29, 0.717) is 0 Å². The Labute approximate surface area is 131 Å². The largest absolute Gasteiger partial charge is 0.0988 e.